The molecule has 1 aliphatic heterocycles. The van der Waals surface area contributed by atoms with Crippen LogP contribution in [0.25, 0.3) is 22.8 Å². The smallest absolute Gasteiger partial charge is 0.416 e. The van der Waals surface area contributed by atoms with Gasteiger partial charge in [-0.05, 0) is 54.8 Å². The van der Waals surface area contributed by atoms with Crippen molar-refractivity contribution in [1.29, 1.82) is 0 Å². The molecule has 0 saturated carbocycles. The van der Waals surface area contributed by atoms with Gasteiger partial charge in [0.25, 0.3) is 5.89 Å². The molecule has 12 heteroatoms. The number of rotatable bonds is 5. The molecule has 3 aromatic rings. The fraction of sp³-hybridized carbons (Fsp3) is 0.286. The van der Waals surface area contributed by atoms with Crippen molar-refractivity contribution in [2.45, 2.75) is 37.7 Å². The summed E-state index contributed by atoms with van der Waals surface area (Å²) in [7, 11) is 0. The maximum atomic E-state index is 13.1. The van der Waals surface area contributed by atoms with E-state index in [1.807, 2.05) is 0 Å². The molecule has 0 saturated heterocycles. The molecule has 33 heavy (non-hydrogen) atoms. The molecule has 0 fully saturated rings. The fourth-order valence-electron chi connectivity index (χ4n) is 3.59. The van der Waals surface area contributed by atoms with E-state index in [9.17, 15) is 31.1 Å². The van der Waals surface area contributed by atoms with Gasteiger partial charge >= 0.3 is 18.3 Å². The lowest BCUT2D eigenvalue weighted by molar-refractivity contribution is -0.143. The van der Waals surface area contributed by atoms with Crippen molar-refractivity contribution >= 4 is 11.7 Å². The predicted molar refractivity (Wildman–Crippen MR) is 103 cm³/mol. The molecule has 2 aromatic carbocycles. The molecule has 6 nitrogen and oxygen atoms in total. The number of halogens is 6. The molecule has 2 heterocycles. The Labute approximate surface area is 182 Å². The lowest BCUT2D eigenvalue weighted by Crippen LogP contribution is -2.16. The number of nitrogens with one attached hydrogen (secondary N) is 1. The summed E-state index contributed by atoms with van der Waals surface area (Å²) in [5.41, 5.74) is -1.37. The number of anilines is 1. The van der Waals surface area contributed by atoms with Gasteiger partial charge in [-0.25, -0.2) is 0 Å². The minimum atomic E-state index is -5.00. The molecule has 1 aromatic heterocycles. The summed E-state index contributed by atoms with van der Waals surface area (Å²) >= 11 is 0. The standard InChI is InChI=1S/C21H15F6N3O3/c22-20(23,24)13-6-12(7-14(9-13)21(25,26)27)19-29-18(30-33-19)10-1-3-16-11(5-10)8-15(28-16)2-4-17(31)32/h1,3,5-7,9,15,28H,2,4,8H2,(H,31,32)/t15-/m1/s1. The van der Waals surface area contributed by atoms with E-state index in [0.717, 1.165) is 11.3 Å². The SMILES string of the molecule is O=C(O)CC[C@@H]1Cc2cc(-c3noc(-c4cc(C(F)(F)F)cc(C(F)(F)F)c4)n3)ccc2N1. The Morgan fingerprint density at radius 3 is 2.30 bits per heavy atom. The highest BCUT2D eigenvalue weighted by Gasteiger charge is 2.37. The van der Waals surface area contributed by atoms with Gasteiger partial charge in [0.2, 0.25) is 5.82 Å². The maximum absolute atomic E-state index is 13.1. The summed E-state index contributed by atoms with van der Waals surface area (Å²) in [6, 6.07) is 6.04. The molecule has 1 aliphatic rings. The van der Waals surface area contributed by atoms with E-state index in [1.165, 1.54) is 0 Å². The van der Waals surface area contributed by atoms with Crippen molar-refractivity contribution in [2.24, 2.45) is 0 Å². The molecule has 0 aliphatic carbocycles. The number of aromatic nitrogens is 2. The van der Waals surface area contributed by atoms with Gasteiger partial charge in [0.15, 0.2) is 0 Å². The molecule has 1 atom stereocenters. The summed E-state index contributed by atoms with van der Waals surface area (Å²) in [4.78, 5) is 14.8. The van der Waals surface area contributed by atoms with Crippen molar-refractivity contribution in [3.63, 3.8) is 0 Å². The van der Waals surface area contributed by atoms with Crippen LogP contribution in [0, 0.1) is 0 Å². The average Bonchev–Trinajstić information content (AvgIpc) is 3.37. The molecule has 0 radical (unpaired) electrons. The van der Waals surface area contributed by atoms with Crippen molar-refractivity contribution in [3.8, 4) is 22.8 Å². The van der Waals surface area contributed by atoms with Crippen LogP contribution < -0.4 is 5.32 Å². The molecular weight excluding hydrogens is 456 g/mol. The molecule has 0 amide bonds. The second kappa shape index (κ2) is 8.09. The van der Waals surface area contributed by atoms with Gasteiger partial charge in [0, 0.05) is 29.3 Å². The van der Waals surface area contributed by atoms with E-state index in [2.05, 4.69) is 15.5 Å². The second-order valence-corrected chi connectivity index (χ2v) is 7.57. The summed E-state index contributed by atoms with van der Waals surface area (Å²) in [6.07, 6.45) is -9.03. The number of alkyl halides is 6. The number of hydrogen-bond acceptors (Lipinski definition) is 5. The zero-order chi connectivity index (χ0) is 24.0. The summed E-state index contributed by atoms with van der Waals surface area (Å²) in [6.45, 7) is 0. The first-order chi connectivity index (χ1) is 15.4. The molecule has 4 rings (SSSR count). The maximum Gasteiger partial charge on any atom is 0.416 e. The monoisotopic (exact) mass is 471 g/mol. The number of carboxylic acids is 1. The Bertz CT molecular complexity index is 1170. The normalized spacial score (nSPS) is 15.9. The first-order valence-corrected chi connectivity index (χ1v) is 9.65. The van der Waals surface area contributed by atoms with Crippen LogP contribution in [0.5, 0.6) is 0 Å². The van der Waals surface area contributed by atoms with Crippen molar-refractivity contribution in [3.05, 3.63) is 53.1 Å². The third-order valence-corrected chi connectivity index (χ3v) is 5.16. The Balaban J connectivity index is 1.62. The Hall–Kier alpha value is -3.57. The number of carboxylic acid groups (broad SMARTS) is 1. The first-order valence-electron chi connectivity index (χ1n) is 9.65. The van der Waals surface area contributed by atoms with Crippen molar-refractivity contribution in [1.82, 2.24) is 10.1 Å². The minimum Gasteiger partial charge on any atom is -0.481 e. The number of nitrogens with zero attached hydrogens (tertiary/aromatic N) is 2. The Morgan fingerprint density at radius 1 is 1.03 bits per heavy atom. The van der Waals surface area contributed by atoms with Crippen molar-refractivity contribution in [2.75, 3.05) is 5.32 Å². The lowest BCUT2D eigenvalue weighted by atomic mass is 10.0. The number of hydrogen-bond donors (Lipinski definition) is 2. The van der Waals surface area contributed by atoms with Gasteiger partial charge in [0.1, 0.15) is 0 Å². The van der Waals surface area contributed by atoms with Gasteiger partial charge in [-0.3, -0.25) is 4.79 Å². The fourth-order valence-corrected chi connectivity index (χ4v) is 3.59. The van der Waals surface area contributed by atoms with Crippen LogP contribution in [-0.2, 0) is 23.6 Å². The average molecular weight is 471 g/mol. The number of carbonyl (C=O) groups is 1. The molecule has 2 N–H and O–H groups in total. The van der Waals surface area contributed by atoms with Gasteiger partial charge in [-0.2, -0.15) is 31.3 Å². The van der Waals surface area contributed by atoms with Gasteiger partial charge in [-0.15, -0.1) is 0 Å². The zero-order valence-electron chi connectivity index (χ0n) is 16.6. The van der Waals surface area contributed by atoms with Crippen LogP contribution in [0.2, 0.25) is 0 Å². The highest BCUT2D eigenvalue weighted by Crippen LogP contribution is 2.39. The van der Waals surface area contributed by atoms with E-state index in [4.69, 9.17) is 9.63 Å². The summed E-state index contributed by atoms with van der Waals surface area (Å²) in [5, 5.41) is 15.7. The third kappa shape index (κ3) is 4.94. The predicted octanol–water partition coefficient (Wildman–Crippen LogP) is 5.64. The van der Waals surface area contributed by atoms with Crippen LogP contribution in [0.1, 0.15) is 29.5 Å². The van der Waals surface area contributed by atoms with Gasteiger partial charge in [0.05, 0.1) is 11.1 Å². The first kappa shape index (κ1) is 22.6. The lowest BCUT2D eigenvalue weighted by Gasteiger charge is -2.12. The van der Waals surface area contributed by atoms with E-state index in [-0.39, 0.29) is 24.4 Å². The quantitative estimate of drug-likeness (QED) is 0.468. The summed E-state index contributed by atoms with van der Waals surface area (Å²) < 4.78 is 83.6. The zero-order valence-corrected chi connectivity index (χ0v) is 16.6. The minimum absolute atomic E-state index is 0.00359. The molecular formula is C21H15F6N3O3. The number of aliphatic carboxylic acids is 1. The van der Waals surface area contributed by atoms with E-state index in [0.29, 0.717) is 30.5 Å². The largest absolute Gasteiger partial charge is 0.481 e. The summed E-state index contributed by atoms with van der Waals surface area (Å²) in [5.74, 6) is -1.40. The highest BCUT2D eigenvalue weighted by atomic mass is 19.4. The van der Waals surface area contributed by atoms with E-state index >= 15 is 0 Å². The van der Waals surface area contributed by atoms with E-state index < -0.39 is 40.9 Å². The second-order valence-electron chi connectivity index (χ2n) is 7.57. The van der Waals surface area contributed by atoms with Crippen LogP contribution in [0.4, 0.5) is 32.0 Å². The molecule has 174 valence electrons. The number of benzene rings is 2. The molecule has 0 spiro atoms. The van der Waals surface area contributed by atoms with Crippen LogP contribution in [-0.4, -0.2) is 27.3 Å². The van der Waals surface area contributed by atoms with Crippen LogP contribution >= 0.6 is 0 Å². The molecule has 0 bridgehead atoms. The Morgan fingerprint density at radius 2 is 1.70 bits per heavy atom. The number of fused-ring (bicyclic) bond motifs is 1. The Kier molecular flexibility index (Phi) is 5.54. The highest BCUT2D eigenvalue weighted by molar-refractivity contribution is 5.69. The van der Waals surface area contributed by atoms with Crippen molar-refractivity contribution < 1.29 is 40.8 Å². The third-order valence-electron chi connectivity index (χ3n) is 5.16. The van der Waals surface area contributed by atoms with Gasteiger partial charge < -0.3 is 14.9 Å². The van der Waals surface area contributed by atoms with Crippen LogP contribution in [0.15, 0.2) is 40.9 Å². The topological polar surface area (TPSA) is 88.2 Å². The van der Waals surface area contributed by atoms with Gasteiger partial charge in [-0.1, -0.05) is 5.16 Å². The molecule has 0 unspecified atom stereocenters. The van der Waals surface area contributed by atoms with E-state index in [1.54, 1.807) is 18.2 Å². The van der Waals surface area contributed by atoms with Crippen LogP contribution in [0.3, 0.4) is 0 Å².